The molecule has 0 aliphatic rings. The van der Waals surface area contributed by atoms with Crippen LogP contribution in [-0.4, -0.2) is 25.0 Å². The number of hydrogen-bond donors (Lipinski definition) is 3. The molecule has 0 heterocycles. The van der Waals surface area contributed by atoms with Crippen molar-refractivity contribution in [2.24, 2.45) is 10.7 Å². The minimum absolute atomic E-state index is 0. The second-order valence-electron chi connectivity index (χ2n) is 6.86. The first-order chi connectivity index (χ1) is 12.4. The molecule has 2 aromatic carbocycles. The van der Waals surface area contributed by atoms with Crippen LogP contribution in [0.5, 0.6) is 0 Å². The summed E-state index contributed by atoms with van der Waals surface area (Å²) in [5.41, 5.74) is 8.07. The third-order valence-corrected chi connectivity index (χ3v) is 4.26. The van der Waals surface area contributed by atoms with Gasteiger partial charge in [-0.05, 0) is 30.2 Å². The van der Waals surface area contributed by atoms with Gasteiger partial charge in [0, 0.05) is 24.1 Å². The van der Waals surface area contributed by atoms with Crippen LogP contribution in [0.15, 0.2) is 59.6 Å². The van der Waals surface area contributed by atoms with Crippen LogP contribution in [0.25, 0.3) is 0 Å². The third-order valence-electron chi connectivity index (χ3n) is 4.26. The van der Waals surface area contributed by atoms with Crippen LogP contribution >= 0.6 is 24.0 Å². The fraction of sp³-hybridized carbons (Fsp3) is 0.333. The predicted molar refractivity (Wildman–Crippen MR) is 123 cm³/mol. The Balaban J connectivity index is 0.00000364. The Labute approximate surface area is 178 Å². The summed E-state index contributed by atoms with van der Waals surface area (Å²) in [5.74, 6) is 0.355. The number of hydrogen-bond acceptors (Lipinski definition) is 2. The maximum absolute atomic E-state index is 11.1. The highest BCUT2D eigenvalue weighted by Crippen LogP contribution is 2.21. The summed E-state index contributed by atoms with van der Waals surface area (Å²) in [6.07, 6.45) is 0. The molecule has 0 atom stereocenters. The van der Waals surface area contributed by atoms with E-state index in [1.54, 1.807) is 12.1 Å². The molecule has 2 aromatic rings. The smallest absolute Gasteiger partial charge is 0.248 e. The third kappa shape index (κ3) is 7.21. The van der Waals surface area contributed by atoms with Gasteiger partial charge in [0.2, 0.25) is 5.91 Å². The number of carbonyl (C=O) groups excluding carboxylic acids is 1. The molecule has 0 aliphatic carbocycles. The zero-order valence-corrected chi connectivity index (χ0v) is 18.5. The van der Waals surface area contributed by atoms with Gasteiger partial charge in [-0.15, -0.1) is 24.0 Å². The summed E-state index contributed by atoms with van der Waals surface area (Å²) < 4.78 is 0. The normalized spacial score (nSPS) is 11.4. The molecule has 1 amide bonds. The standard InChI is InChI=1S/C21H28N4O.HI/c1-4-23-20(24-14-16-10-12-17(13-11-16)19(22)26)25-15-21(2,3)18-8-6-5-7-9-18;/h5-13H,4,14-15H2,1-3H3,(H2,22,26)(H2,23,24,25);1H. The summed E-state index contributed by atoms with van der Waals surface area (Å²) in [7, 11) is 0. The Morgan fingerprint density at radius 1 is 1.04 bits per heavy atom. The van der Waals surface area contributed by atoms with Crippen molar-refractivity contribution in [1.82, 2.24) is 10.6 Å². The number of nitrogens with one attached hydrogen (secondary N) is 2. The molecule has 0 spiro atoms. The number of primary amides is 1. The maximum atomic E-state index is 11.1. The molecule has 0 saturated heterocycles. The van der Waals surface area contributed by atoms with Crippen LogP contribution in [-0.2, 0) is 12.0 Å². The molecule has 5 nitrogen and oxygen atoms in total. The van der Waals surface area contributed by atoms with Gasteiger partial charge in [-0.2, -0.15) is 0 Å². The van der Waals surface area contributed by atoms with Crippen molar-refractivity contribution >= 4 is 35.8 Å². The van der Waals surface area contributed by atoms with Crippen molar-refractivity contribution in [1.29, 1.82) is 0 Å². The molecule has 146 valence electrons. The highest BCUT2D eigenvalue weighted by Gasteiger charge is 2.20. The van der Waals surface area contributed by atoms with Crippen molar-refractivity contribution in [3.8, 4) is 0 Å². The van der Waals surface area contributed by atoms with E-state index in [9.17, 15) is 4.79 Å². The Morgan fingerprint density at radius 2 is 1.67 bits per heavy atom. The molecule has 0 aromatic heterocycles. The first-order valence-electron chi connectivity index (χ1n) is 8.89. The van der Waals surface area contributed by atoms with Gasteiger partial charge >= 0.3 is 0 Å². The van der Waals surface area contributed by atoms with E-state index in [4.69, 9.17) is 5.73 Å². The van der Waals surface area contributed by atoms with Gasteiger partial charge in [0.25, 0.3) is 0 Å². The van der Waals surface area contributed by atoms with Crippen molar-refractivity contribution in [3.63, 3.8) is 0 Å². The number of benzene rings is 2. The fourth-order valence-corrected chi connectivity index (χ4v) is 2.58. The molecular weight excluding hydrogens is 451 g/mol. The van der Waals surface area contributed by atoms with E-state index in [0.29, 0.717) is 12.1 Å². The van der Waals surface area contributed by atoms with Crippen molar-refractivity contribution in [2.75, 3.05) is 13.1 Å². The van der Waals surface area contributed by atoms with Crippen molar-refractivity contribution in [2.45, 2.75) is 32.7 Å². The van der Waals surface area contributed by atoms with E-state index in [1.807, 2.05) is 25.1 Å². The lowest BCUT2D eigenvalue weighted by Gasteiger charge is -2.26. The average Bonchev–Trinajstić information content (AvgIpc) is 2.65. The van der Waals surface area contributed by atoms with Crippen LogP contribution < -0.4 is 16.4 Å². The molecule has 0 bridgehead atoms. The van der Waals surface area contributed by atoms with Gasteiger partial charge in [0.1, 0.15) is 0 Å². The molecule has 4 N–H and O–H groups in total. The first-order valence-corrected chi connectivity index (χ1v) is 8.89. The molecule has 6 heteroatoms. The fourth-order valence-electron chi connectivity index (χ4n) is 2.58. The van der Waals surface area contributed by atoms with Crippen molar-refractivity contribution < 1.29 is 4.79 Å². The van der Waals surface area contributed by atoms with Gasteiger partial charge in [-0.25, -0.2) is 4.99 Å². The number of nitrogens with zero attached hydrogens (tertiary/aromatic N) is 1. The summed E-state index contributed by atoms with van der Waals surface area (Å²) in [6.45, 7) is 8.55. The number of halogens is 1. The summed E-state index contributed by atoms with van der Waals surface area (Å²) >= 11 is 0. The molecular formula is C21H29IN4O. The topological polar surface area (TPSA) is 79.5 Å². The number of carbonyl (C=O) groups is 1. The zero-order chi connectivity index (χ0) is 19.0. The van der Waals surface area contributed by atoms with Crippen LogP contribution in [0.1, 0.15) is 42.3 Å². The average molecular weight is 480 g/mol. The molecule has 0 aliphatic heterocycles. The lowest BCUT2D eigenvalue weighted by molar-refractivity contribution is 0.100. The molecule has 2 rings (SSSR count). The summed E-state index contributed by atoms with van der Waals surface area (Å²) in [6, 6.07) is 17.7. The lowest BCUT2D eigenvalue weighted by Crippen LogP contribution is -2.43. The van der Waals surface area contributed by atoms with Gasteiger partial charge in [0.05, 0.1) is 6.54 Å². The Kier molecular flexibility index (Phi) is 9.28. The van der Waals surface area contributed by atoms with E-state index in [2.05, 4.69) is 53.7 Å². The van der Waals surface area contributed by atoms with Gasteiger partial charge in [-0.3, -0.25) is 4.79 Å². The minimum Gasteiger partial charge on any atom is -0.366 e. The Morgan fingerprint density at radius 3 is 2.22 bits per heavy atom. The quantitative estimate of drug-likeness (QED) is 0.323. The summed E-state index contributed by atoms with van der Waals surface area (Å²) in [4.78, 5) is 15.8. The second kappa shape index (κ2) is 10.9. The first kappa shape index (κ1) is 23.0. The number of aliphatic imine (C=N–C) groups is 1. The molecule has 27 heavy (non-hydrogen) atoms. The predicted octanol–water partition coefficient (Wildman–Crippen LogP) is 3.44. The molecule has 0 saturated carbocycles. The minimum atomic E-state index is -0.418. The molecule has 0 unspecified atom stereocenters. The second-order valence-corrected chi connectivity index (χ2v) is 6.86. The van der Waals surface area contributed by atoms with Crippen molar-refractivity contribution in [3.05, 3.63) is 71.3 Å². The Bertz CT molecular complexity index is 743. The summed E-state index contributed by atoms with van der Waals surface area (Å²) in [5, 5.41) is 6.70. The van der Waals surface area contributed by atoms with Gasteiger partial charge in [0.15, 0.2) is 5.96 Å². The van der Waals surface area contributed by atoms with Crippen LogP contribution in [0, 0.1) is 0 Å². The van der Waals surface area contributed by atoms with E-state index in [1.165, 1.54) is 5.56 Å². The largest absolute Gasteiger partial charge is 0.366 e. The van der Waals surface area contributed by atoms with Crippen LogP contribution in [0.3, 0.4) is 0 Å². The highest BCUT2D eigenvalue weighted by atomic mass is 127. The number of amides is 1. The van der Waals surface area contributed by atoms with Crippen LogP contribution in [0.2, 0.25) is 0 Å². The number of guanidine groups is 1. The Hall–Kier alpha value is -2.09. The zero-order valence-electron chi connectivity index (χ0n) is 16.2. The number of rotatable bonds is 7. The van der Waals surface area contributed by atoms with E-state index >= 15 is 0 Å². The SMILES string of the molecule is CCNC(=NCc1ccc(C(N)=O)cc1)NCC(C)(C)c1ccccc1.I. The lowest BCUT2D eigenvalue weighted by atomic mass is 9.85. The molecule has 0 radical (unpaired) electrons. The van der Waals surface area contributed by atoms with Crippen LogP contribution in [0.4, 0.5) is 0 Å². The van der Waals surface area contributed by atoms with E-state index in [-0.39, 0.29) is 29.4 Å². The van der Waals surface area contributed by atoms with E-state index < -0.39 is 5.91 Å². The monoisotopic (exact) mass is 480 g/mol. The van der Waals surface area contributed by atoms with Gasteiger partial charge < -0.3 is 16.4 Å². The van der Waals surface area contributed by atoms with Gasteiger partial charge in [-0.1, -0.05) is 56.3 Å². The van der Waals surface area contributed by atoms with E-state index in [0.717, 1.165) is 24.6 Å². The maximum Gasteiger partial charge on any atom is 0.248 e. The highest BCUT2D eigenvalue weighted by molar-refractivity contribution is 14.0. The number of nitrogens with two attached hydrogens (primary N) is 1. The molecule has 0 fully saturated rings.